The third-order valence-electron chi connectivity index (χ3n) is 3.88. The Hall–Kier alpha value is -1.71. The normalized spacial score (nSPS) is 21.1. The molecule has 1 saturated carbocycles. The van der Waals surface area contributed by atoms with Crippen molar-refractivity contribution in [2.24, 2.45) is 11.8 Å². The second kappa shape index (κ2) is 5.11. The highest BCUT2D eigenvalue weighted by molar-refractivity contribution is 5.95. The molecule has 2 rings (SSSR count). The molecule has 1 fully saturated rings. The fraction of sp³-hybridized carbons (Fsp3) is 0.533. The van der Waals surface area contributed by atoms with Gasteiger partial charge in [0.1, 0.15) is 0 Å². The first-order chi connectivity index (χ1) is 8.90. The summed E-state index contributed by atoms with van der Waals surface area (Å²) in [5, 5.41) is 0. The van der Waals surface area contributed by atoms with E-state index in [0.717, 1.165) is 24.1 Å². The standard InChI is InChI=1S/C15H23N3O/c1-10-7-12(10)9-18(4)14-6-5-11(8-13(14)16)15(19)17(2)3/h5-6,8,10,12H,7,9,16H2,1-4H3. The lowest BCUT2D eigenvalue weighted by molar-refractivity contribution is 0.0827. The monoisotopic (exact) mass is 261 g/mol. The molecule has 0 radical (unpaired) electrons. The summed E-state index contributed by atoms with van der Waals surface area (Å²) >= 11 is 0. The van der Waals surface area contributed by atoms with Crippen molar-refractivity contribution in [1.82, 2.24) is 4.90 Å². The van der Waals surface area contributed by atoms with E-state index in [9.17, 15) is 4.79 Å². The number of carbonyl (C=O) groups is 1. The zero-order valence-electron chi connectivity index (χ0n) is 12.2. The molecule has 1 aliphatic carbocycles. The van der Waals surface area contributed by atoms with Crippen molar-refractivity contribution in [1.29, 1.82) is 0 Å². The van der Waals surface area contributed by atoms with Crippen molar-refractivity contribution in [3.63, 3.8) is 0 Å². The summed E-state index contributed by atoms with van der Waals surface area (Å²) in [7, 11) is 5.55. The van der Waals surface area contributed by atoms with Crippen molar-refractivity contribution in [2.75, 3.05) is 38.3 Å². The largest absolute Gasteiger partial charge is 0.397 e. The molecular weight excluding hydrogens is 238 g/mol. The average Bonchev–Trinajstić information content (AvgIpc) is 3.03. The summed E-state index contributed by atoms with van der Waals surface area (Å²) in [6.07, 6.45) is 1.31. The van der Waals surface area contributed by atoms with Crippen LogP contribution in [-0.2, 0) is 0 Å². The summed E-state index contributed by atoms with van der Waals surface area (Å²) < 4.78 is 0. The maximum absolute atomic E-state index is 11.9. The fourth-order valence-electron chi connectivity index (χ4n) is 2.40. The molecule has 4 heteroatoms. The van der Waals surface area contributed by atoms with Gasteiger partial charge >= 0.3 is 0 Å². The number of anilines is 2. The van der Waals surface area contributed by atoms with E-state index >= 15 is 0 Å². The Morgan fingerprint density at radius 3 is 2.47 bits per heavy atom. The van der Waals surface area contributed by atoms with Gasteiger partial charge in [0, 0.05) is 33.3 Å². The molecule has 1 amide bonds. The lowest BCUT2D eigenvalue weighted by Gasteiger charge is -2.22. The Bertz CT molecular complexity index is 484. The number of hydrogen-bond donors (Lipinski definition) is 1. The van der Waals surface area contributed by atoms with Crippen LogP contribution in [0.4, 0.5) is 11.4 Å². The highest BCUT2D eigenvalue weighted by Crippen LogP contribution is 2.39. The summed E-state index contributed by atoms with van der Waals surface area (Å²) in [6, 6.07) is 5.56. The summed E-state index contributed by atoms with van der Waals surface area (Å²) in [4.78, 5) is 15.6. The van der Waals surface area contributed by atoms with Crippen LogP contribution in [0.15, 0.2) is 18.2 Å². The molecule has 1 aliphatic rings. The summed E-state index contributed by atoms with van der Waals surface area (Å²) in [5.74, 6) is 1.60. The molecule has 1 aromatic rings. The average molecular weight is 261 g/mol. The van der Waals surface area contributed by atoms with E-state index in [4.69, 9.17) is 5.73 Å². The van der Waals surface area contributed by atoms with Gasteiger partial charge in [0.2, 0.25) is 0 Å². The molecule has 19 heavy (non-hydrogen) atoms. The molecule has 2 unspecified atom stereocenters. The second-order valence-electron chi connectivity index (χ2n) is 5.83. The van der Waals surface area contributed by atoms with Crippen molar-refractivity contribution < 1.29 is 4.79 Å². The Balaban J connectivity index is 2.12. The van der Waals surface area contributed by atoms with Gasteiger partial charge in [-0.15, -0.1) is 0 Å². The quantitative estimate of drug-likeness (QED) is 0.844. The SMILES string of the molecule is CC1CC1CN(C)c1ccc(C(=O)N(C)C)cc1N. The molecule has 0 spiro atoms. The first-order valence-electron chi connectivity index (χ1n) is 6.72. The van der Waals surface area contributed by atoms with Gasteiger partial charge in [-0.2, -0.15) is 0 Å². The summed E-state index contributed by atoms with van der Waals surface area (Å²) in [6.45, 7) is 3.31. The highest BCUT2D eigenvalue weighted by Gasteiger charge is 2.33. The van der Waals surface area contributed by atoms with E-state index in [1.807, 2.05) is 12.1 Å². The molecule has 0 aliphatic heterocycles. The smallest absolute Gasteiger partial charge is 0.253 e. The van der Waals surface area contributed by atoms with Crippen molar-refractivity contribution in [3.8, 4) is 0 Å². The predicted octanol–water partition coefficient (Wildman–Crippen LogP) is 2.06. The van der Waals surface area contributed by atoms with E-state index in [0.29, 0.717) is 11.3 Å². The minimum absolute atomic E-state index is 0.0169. The first-order valence-corrected chi connectivity index (χ1v) is 6.72. The Morgan fingerprint density at radius 1 is 1.37 bits per heavy atom. The van der Waals surface area contributed by atoms with Crippen LogP contribution in [0.5, 0.6) is 0 Å². The molecule has 4 nitrogen and oxygen atoms in total. The topological polar surface area (TPSA) is 49.6 Å². The molecular formula is C15H23N3O. The van der Waals surface area contributed by atoms with E-state index in [2.05, 4.69) is 18.9 Å². The lowest BCUT2D eigenvalue weighted by atomic mass is 10.1. The number of nitrogen functional groups attached to an aromatic ring is 1. The minimum Gasteiger partial charge on any atom is -0.397 e. The van der Waals surface area contributed by atoms with Crippen LogP contribution in [-0.4, -0.2) is 38.5 Å². The molecule has 0 bridgehead atoms. The van der Waals surface area contributed by atoms with Crippen LogP contribution in [0.25, 0.3) is 0 Å². The van der Waals surface area contributed by atoms with Crippen LogP contribution in [0, 0.1) is 11.8 Å². The van der Waals surface area contributed by atoms with Crippen LogP contribution < -0.4 is 10.6 Å². The lowest BCUT2D eigenvalue weighted by Crippen LogP contribution is -2.24. The highest BCUT2D eigenvalue weighted by atomic mass is 16.2. The summed E-state index contributed by atoms with van der Waals surface area (Å²) in [5.41, 5.74) is 8.40. The number of nitrogens with two attached hydrogens (primary N) is 1. The fourth-order valence-corrected chi connectivity index (χ4v) is 2.40. The maximum atomic E-state index is 11.9. The van der Waals surface area contributed by atoms with Crippen LogP contribution >= 0.6 is 0 Å². The number of rotatable bonds is 4. The van der Waals surface area contributed by atoms with Gasteiger partial charge < -0.3 is 15.5 Å². The van der Waals surface area contributed by atoms with Gasteiger partial charge in [0.05, 0.1) is 11.4 Å². The van der Waals surface area contributed by atoms with Crippen LogP contribution in [0.3, 0.4) is 0 Å². The van der Waals surface area contributed by atoms with E-state index in [1.54, 1.807) is 25.1 Å². The van der Waals surface area contributed by atoms with Gasteiger partial charge in [0.15, 0.2) is 0 Å². The van der Waals surface area contributed by atoms with Crippen LogP contribution in [0.1, 0.15) is 23.7 Å². The van der Waals surface area contributed by atoms with Gasteiger partial charge in [-0.1, -0.05) is 6.92 Å². The minimum atomic E-state index is -0.0169. The number of benzene rings is 1. The van der Waals surface area contributed by atoms with Gasteiger partial charge in [0.25, 0.3) is 5.91 Å². The van der Waals surface area contributed by atoms with Crippen molar-refractivity contribution >= 4 is 17.3 Å². The number of hydrogen-bond acceptors (Lipinski definition) is 3. The van der Waals surface area contributed by atoms with Gasteiger partial charge in [-0.25, -0.2) is 0 Å². The van der Waals surface area contributed by atoms with Gasteiger partial charge in [-0.05, 0) is 36.5 Å². The zero-order chi connectivity index (χ0) is 14.2. The predicted molar refractivity (Wildman–Crippen MR) is 79.4 cm³/mol. The van der Waals surface area contributed by atoms with E-state index in [1.165, 1.54) is 6.42 Å². The second-order valence-corrected chi connectivity index (χ2v) is 5.83. The number of carbonyl (C=O) groups excluding carboxylic acids is 1. The van der Waals surface area contributed by atoms with Crippen molar-refractivity contribution in [3.05, 3.63) is 23.8 Å². The molecule has 1 aromatic carbocycles. The third kappa shape index (κ3) is 3.00. The van der Waals surface area contributed by atoms with Crippen LogP contribution in [0.2, 0.25) is 0 Å². The molecule has 0 aromatic heterocycles. The Kier molecular flexibility index (Phi) is 3.69. The number of amides is 1. The number of nitrogens with zero attached hydrogens (tertiary/aromatic N) is 2. The Labute approximate surface area is 115 Å². The molecule has 104 valence electrons. The van der Waals surface area contributed by atoms with Gasteiger partial charge in [-0.3, -0.25) is 4.79 Å². The molecule has 2 atom stereocenters. The van der Waals surface area contributed by atoms with E-state index < -0.39 is 0 Å². The van der Waals surface area contributed by atoms with Crippen molar-refractivity contribution in [2.45, 2.75) is 13.3 Å². The first kappa shape index (κ1) is 13.7. The molecule has 2 N–H and O–H groups in total. The zero-order valence-corrected chi connectivity index (χ0v) is 12.2. The maximum Gasteiger partial charge on any atom is 0.253 e. The molecule has 0 saturated heterocycles. The molecule has 0 heterocycles. The Morgan fingerprint density at radius 2 is 2.00 bits per heavy atom. The third-order valence-corrected chi connectivity index (χ3v) is 3.88. The van der Waals surface area contributed by atoms with E-state index in [-0.39, 0.29) is 5.91 Å².